The van der Waals surface area contributed by atoms with Gasteiger partial charge in [-0.05, 0) is 76.6 Å². The molecule has 206 valence electrons. The predicted molar refractivity (Wildman–Crippen MR) is 178 cm³/mol. The highest BCUT2D eigenvalue weighted by molar-refractivity contribution is 6.96. The van der Waals surface area contributed by atoms with E-state index < -0.39 is 0 Å². The molecule has 0 saturated heterocycles. The molecular formula is C39H47B. The maximum absolute atomic E-state index is 2.58. The minimum absolute atomic E-state index is 0.136. The van der Waals surface area contributed by atoms with E-state index in [0.717, 1.165) is 0 Å². The highest BCUT2D eigenvalue weighted by Crippen LogP contribution is 2.53. The first-order valence-corrected chi connectivity index (χ1v) is 15.6. The second-order valence-electron chi connectivity index (χ2n) is 12.7. The van der Waals surface area contributed by atoms with Crippen LogP contribution in [0, 0.1) is 41.5 Å². The van der Waals surface area contributed by atoms with Crippen molar-refractivity contribution in [3.63, 3.8) is 0 Å². The summed E-state index contributed by atoms with van der Waals surface area (Å²) >= 11 is 0. The third-order valence-electron chi connectivity index (χ3n) is 9.59. The Bertz CT molecular complexity index is 1430. The Morgan fingerprint density at radius 2 is 1.02 bits per heavy atom. The lowest BCUT2D eigenvalue weighted by atomic mass is 9.34. The van der Waals surface area contributed by atoms with Crippen LogP contribution in [-0.2, 0) is 5.41 Å². The maximum atomic E-state index is 2.58. The molecule has 0 radical (unpaired) electrons. The molecule has 1 aliphatic rings. The van der Waals surface area contributed by atoms with Crippen molar-refractivity contribution >= 4 is 23.1 Å². The number of hydrogen-bond acceptors (Lipinski definition) is 0. The summed E-state index contributed by atoms with van der Waals surface area (Å²) in [6, 6.07) is 26.4. The quantitative estimate of drug-likeness (QED) is 0.191. The minimum atomic E-state index is 0.136. The van der Waals surface area contributed by atoms with Crippen LogP contribution >= 0.6 is 0 Å². The summed E-state index contributed by atoms with van der Waals surface area (Å²) in [5.74, 6) is 0. The van der Waals surface area contributed by atoms with Gasteiger partial charge in [0.05, 0.1) is 0 Å². The van der Waals surface area contributed by atoms with Crippen molar-refractivity contribution < 1.29 is 0 Å². The zero-order chi connectivity index (χ0) is 28.6. The van der Waals surface area contributed by atoms with Gasteiger partial charge < -0.3 is 0 Å². The molecule has 0 unspecified atom stereocenters. The van der Waals surface area contributed by atoms with Crippen molar-refractivity contribution in [2.75, 3.05) is 0 Å². The molecule has 0 aliphatic heterocycles. The van der Waals surface area contributed by atoms with E-state index in [9.17, 15) is 0 Å². The molecule has 4 aromatic rings. The maximum Gasteiger partial charge on any atom is 0.242 e. The number of aryl methyl sites for hydroxylation is 6. The summed E-state index contributed by atoms with van der Waals surface area (Å²) in [6.45, 7) is 18.6. The van der Waals surface area contributed by atoms with Crippen LogP contribution in [0.3, 0.4) is 0 Å². The molecule has 0 bridgehead atoms. The van der Waals surface area contributed by atoms with Crippen LogP contribution in [0.2, 0.25) is 0 Å². The summed E-state index contributed by atoms with van der Waals surface area (Å²) in [5, 5.41) is 0. The Kier molecular flexibility index (Phi) is 8.14. The lowest BCUT2D eigenvalue weighted by molar-refractivity contribution is 0.414. The second kappa shape index (κ2) is 11.4. The summed E-state index contributed by atoms with van der Waals surface area (Å²) in [5.41, 5.74) is 18.8. The fraction of sp³-hybridized carbons (Fsp3) is 0.385. The summed E-state index contributed by atoms with van der Waals surface area (Å²) in [4.78, 5) is 0. The van der Waals surface area contributed by atoms with Crippen LogP contribution in [0.25, 0.3) is 11.1 Å². The standard InChI is InChI=1S/C39H47B/c1-9-11-19-39(20-12-10-2)35-16-14-13-15-33(35)34-25-32(17-18-36(34)39)40(37-28(5)21-26(3)22-29(37)6)38-30(7)23-27(4)24-31(38)8/h13-18,21-25H,9-12,19-20H2,1-8H3. The van der Waals surface area contributed by atoms with Gasteiger partial charge in [0.1, 0.15) is 0 Å². The van der Waals surface area contributed by atoms with Crippen LogP contribution < -0.4 is 16.4 Å². The Hall–Kier alpha value is -3.06. The van der Waals surface area contributed by atoms with Gasteiger partial charge in [-0.15, -0.1) is 0 Å². The van der Waals surface area contributed by atoms with E-state index in [1.165, 1.54) is 99.4 Å². The molecule has 0 nitrogen and oxygen atoms in total. The fourth-order valence-electron chi connectivity index (χ4n) is 8.05. The van der Waals surface area contributed by atoms with E-state index in [1.54, 1.807) is 11.1 Å². The highest BCUT2D eigenvalue weighted by atomic mass is 14.4. The molecule has 0 saturated carbocycles. The number of hydrogen-bond donors (Lipinski definition) is 0. The molecule has 1 aliphatic carbocycles. The van der Waals surface area contributed by atoms with Crippen molar-refractivity contribution in [2.45, 2.75) is 99.3 Å². The van der Waals surface area contributed by atoms with Gasteiger partial charge in [0.2, 0.25) is 6.71 Å². The molecule has 0 amide bonds. The predicted octanol–water partition coefficient (Wildman–Crippen LogP) is 8.70. The van der Waals surface area contributed by atoms with E-state index in [1.807, 2.05) is 0 Å². The lowest BCUT2D eigenvalue weighted by Gasteiger charge is -2.33. The van der Waals surface area contributed by atoms with E-state index in [2.05, 4.69) is 122 Å². The van der Waals surface area contributed by atoms with E-state index in [0.29, 0.717) is 0 Å². The summed E-state index contributed by atoms with van der Waals surface area (Å²) in [7, 11) is 0. The average Bonchev–Trinajstić information content (AvgIpc) is 3.18. The molecule has 1 heteroatoms. The fourth-order valence-corrected chi connectivity index (χ4v) is 8.05. The van der Waals surface area contributed by atoms with Crippen molar-refractivity contribution in [3.8, 4) is 11.1 Å². The van der Waals surface area contributed by atoms with Crippen molar-refractivity contribution in [2.24, 2.45) is 0 Å². The normalized spacial score (nSPS) is 13.3. The number of unbranched alkanes of at least 4 members (excludes halogenated alkanes) is 2. The average molecular weight is 527 g/mol. The topological polar surface area (TPSA) is 0 Å². The lowest BCUT2D eigenvalue weighted by Crippen LogP contribution is -2.56. The molecule has 4 aromatic carbocycles. The first-order valence-electron chi connectivity index (χ1n) is 15.6. The molecule has 0 aromatic heterocycles. The van der Waals surface area contributed by atoms with Gasteiger partial charge in [-0.3, -0.25) is 0 Å². The molecule has 0 heterocycles. The highest BCUT2D eigenvalue weighted by Gasteiger charge is 2.42. The minimum Gasteiger partial charge on any atom is -0.0680 e. The van der Waals surface area contributed by atoms with Gasteiger partial charge in [-0.1, -0.05) is 156 Å². The molecule has 5 rings (SSSR count). The molecule has 0 N–H and O–H groups in total. The third kappa shape index (κ3) is 4.87. The van der Waals surface area contributed by atoms with Gasteiger partial charge >= 0.3 is 0 Å². The third-order valence-corrected chi connectivity index (χ3v) is 9.59. The van der Waals surface area contributed by atoms with Gasteiger partial charge in [-0.2, -0.15) is 0 Å². The zero-order valence-electron chi connectivity index (χ0n) is 26.2. The number of rotatable bonds is 9. The van der Waals surface area contributed by atoms with Crippen LogP contribution in [0.15, 0.2) is 66.7 Å². The molecule has 0 fully saturated rings. The van der Waals surface area contributed by atoms with Crippen LogP contribution in [-0.4, -0.2) is 6.71 Å². The first kappa shape index (κ1) is 28.5. The van der Waals surface area contributed by atoms with Gasteiger partial charge in [0.15, 0.2) is 0 Å². The first-order chi connectivity index (χ1) is 19.2. The Labute approximate surface area is 244 Å². The Morgan fingerprint density at radius 3 is 1.52 bits per heavy atom. The van der Waals surface area contributed by atoms with Gasteiger partial charge in [-0.25, -0.2) is 0 Å². The molecule has 0 atom stereocenters. The number of benzene rings is 4. The van der Waals surface area contributed by atoms with E-state index >= 15 is 0 Å². The molecule has 0 spiro atoms. The van der Waals surface area contributed by atoms with E-state index in [-0.39, 0.29) is 12.1 Å². The monoisotopic (exact) mass is 526 g/mol. The Balaban J connectivity index is 1.79. The second-order valence-corrected chi connectivity index (χ2v) is 12.7. The van der Waals surface area contributed by atoms with Gasteiger partial charge in [0.25, 0.3) is 0 Å². The van der Waals surface area contributed by atoms with Crippen LogP contribution in [0.1, 0.15) is 96.9 Å². The molecule has 40 heavy (non-hydrogen) atoms. The van der Waals surface area contributed by atoms with E-state index in [4.69, 9.17) is 0 Å². The largest absolute Gasteiger partial charge is 0.242 e. The van der Waals surface area contributed by atoms with Gasteiger partial charge in [0, 0.05) is 5.41 Å². The van der Waals surface area contributed by atoms with Crippen molar-refractivity contribution in [3.05, 3.63) is 111 Å². The summed E-state index contributed by atoms with van der Waals surface area (Å²) in [6.07, 6.45) is 7.50. The SMILES string of the molecule is CCCCC1(CCCC)c2ccccc2-c2cc(B(c3c(C)cc(C)cc3C)c3c(C)cc(C)cc3C)ccc21. The number of fused-ring (bicyclic) bond motifs is 3. The smallest absolute Gasteiger partial charge is 0.0680 e. The summed E-state index contributed by atoms with van der Waals surface area (Å²) < 4.78 is 0. The van der Waals surface area contributed by atoms with Crippen LogP contribution in [0.5, 0.6) is 0 Å². The van der Waals surface area contributed by atoms with Crippen LogP contribution in [0.4, 0.5) is 0 Å². The van der Waals surface area contributed by atoms with Crippen molar-refractivity contribution in [1.82, 2.24) is 0 Å². The Morgan fingerprint density at radius 1 is 0.550 bits per heavy atom. The molecular weight excluding hydrogens is 479 g/mol. The zero-order valence-corrected chi connectivity index (χ0v) is 26.2. The van der Waals surface area contributed by atoms with Crippen molar-refractivity contribution in [1.29, 1.82) is 0 Å².